The molecule has 1 aromatic carbocycles. The number of anilines is 1. The Hall–Kier alpha value is -0.670. The predicted molar refractivity (Wildman–Crippen MR) is 77.7 cm³/mol. The summed E-state index contributed by atoms with van der Waals surface area (Å²) in [4.78, 5) is -0.205. The molecule has 0 aliphatic heterocycles. The van der Waals surface area contributed by atoms with Crippen LogP contribution in [-0.4, -0.2) is 10.5 Å². The van der Waals surface area contributed by atoms with E-state index in [0.29, 0.717) is 6.61 Å². The molecule has 0 bridgehead atoms. The van der Waals surface area contributed by atoms with Gasteiger partial charge in [-0.05, 0) is 52.3 Å². The molecule has 0 radical (unpaired) electrons. The van der Waals surface area contributed by atoms with Gasteiger partial charge in [-0.25, -0.2) is 0 Å². The monoisotopic (exact) mass is 253 g/mol. The van der Waals surface area contributed by atoms with Gasteiger partial charge in [0.2, 0.25) is 0 Å². The standard InChI is InChI=1S/C14H23NOS/c1-13(2,3)16-10-11-6-8-12(9-7-11)15-14(4,5)17/h6-9,15,17H,10H2,1-5H3. The van der Waals surface area contributed by atoms with Crippen LogP contribution < -0.4 is 5.32 Å². The van der Waals surface area contributed by atoms with Crippen LogP contribution in [0.3, 0.4) is 0 Å². The number of hydrogen-bond acceptors (Lipinski definition) is 3. The van der Waals surface area contributed by atoms with Gasteiger partial charge >= 0.3 is 0 Å². The van der Waals surface area contributed by atoms with E-state index in [1.807, 2.05) is 13.8 Å². The summed E-state index contributed by atoms with van der Waals surface area (Å²) in [6.45, 7) is 10.9. The van der Waals surface area contributed by atoms with Crippen molar-refractivity contribution in [2.75, 3.05) is 5.32 Å². The van der Waals surface area contributed by atoms with Crippen LogP contribution >= 0.6 is 12.6 Å². The quantitative estimate of drug-likeness (QED) is 0.623. The molecule has 2 nitrogen and oxygen atoms in total. The van der Waals surface area contributed by atoms with Gasteiger partial charge in [-0.2, -0.15) is 12.6 Å². The zero-order valence-corrected chi connectivity index (χ0v) is 12.3. The Balaban J connectivity index is 2.56. The third-order valence-corrected chi connectivity index (χ3v) is 2.19. The maximum Gasteiger partial charge on any atom is 0.0747 e. The van der Waals surface area contributed by atoms with Crippen molar-refractivity contribution in [3.8, 4) is 0 Å². The molecule has 0 heterocycles. The van der Waals surface area contributed by atoms with E-state index in [1.54, 1.807) is 0 Å². The second-order valence-corrected chi connectivity index (χ2v) is 6.90. The Morgan fingerprint density at radius 2 is 1.59 bits per heavy atom. The summed E-state index contributed by atoms with van der Waals surface area (Å²) < 4.78 is 5.72. The van der Waals surface area contributed by atoms with Crippen LogP contribution in [0.5, 0.6) is 0 Å². The topological polar surface area (TPSA) is 21.3 Å². The number of ether oxygens (including phenoxy) is 1. The van der Waals surface area contributed by atoms with Crippen molar-refractivity contribution < 1.29 is 4.74 Å². The highest BCUT2D eigenvalue weighted by atomic mass is 32.1. The average molecular weight is 253 g/mol. The van der Waals surface area contributed by atoms with Crippen molar-refractivity contribution in [1.82, 2.24) is 0 Å². The maximum atomic E-state index is 5.72. The SMILES string of the molecule is CC(C)(S)Nc1ccc(COC(C)(C)C)cc1. The van der Waals surface area contributed by atoms with E-state index in [2.05, 4.69) is 63.0 Å². The van der Waals surface area contributed by atoms with Crippen molar-refractivity contribution in [3.63, 3.8) is 0 Å². The molecule has 0 saturated carbocycles. The Labute approximate surface area is 110 Å². The van der Waals surface area contributed by atoms with Crippen LogP contribution in [0.1, 0.15) is 40.2 Å². The smallest absolute Gasteiger partial charge is 0.0747 e. The number of benzene rings is 1. The summed E-state index contributed by atoms with van der Waals surface area (Å²) in [6.07, 6.45) is 0. The molecule has 0 saturated heterocycles. The molecule has 3 heteroatoms. The van der Waals surface area contributed by atoms with E-state index in [4.69, 9.17) is 4.74 Å². The van der Waals surface area contributed by atoms with Gasteiger partial charge in [0.05, 0.1) is 17.1 Å². The summed E-state index contributed by atoms with van der Waals surface area (Å²) in [5, 5.41) is 3.30. The fraction of sp³-hybridized carbons (Fsp3) is 0.571. The van der Waals surface area contributed by atoms with E-state index in [9.17, 15) is 0 Å². The van der Waals surface area contributed by atoms with Crippen LogP contribution in [0.25, 0.3) is 0 Å². The lowest BCUT2D eigenvalue weighted by Gasteiger charge is -2.22. The number of hydrogen-bond donors (Lipinski definition) is 2. The molecule has 96 valence electrons. The highest BCUT2D eigenvalue weighted by Gasteiger charge is 2.11. The van der Waals surface area contributed by atoms with E-state index >= 15 is 0 Å². The summed E-state index contributed by atoms with van der Waals surface area (Å²) >= 11 is 4.44. The largest absolute Gasteiger partial charge is 0.371 e. The first-order valence-corrected chi connectivity index (χ1v) is 6.34. The van der Waals surface area contributed by atoms with E-state index in [0.717, 1.165) is 5.69 Å². The van der Waals surface area contributed by atoms with Crippen molar-refractivity contribution in [1.29, 1.82) is 0 Å². The minimum atomic E-state index is -0.205. The molecule has 0 aliphatic rings. The van der Waals surface area contributed by atoms with Gasteiger partial charge in [0, 0.05) is 5.69 Å². The normalized spacial score (nSPS) is 12.6. The molecule has 0 fully saturated rings. The van der Waals surface area contributed by atoms with Gasteiger partial charge in [-0.15, -0.1) is 0 Å². The third-order valence-electron chi connectivity index (χ3n) is 2.08. The molecule has 1 N–H and O–H groups in total. The van der Waals surface area contributed by atoms with Crippen LogP contribution in [0.4, 0.5) is 5.69 Å². The van der Waals surface area contributed by atoms with Crippen LogP contribution in [0.15, 0.2) is 24.3 Å². The molecule has 1 rings (SSSR count). The third kappa shape index (κ3) is 6.59. The molecule has 1 aromatic rings. The summed E-state index contributed by atoms with van der Waals surface area (Å²) in [5.41, 5.74) is 2.16. The van der Waals surface area contributed by atoms with Gasteiger partial charge in [-0.1, -0.05) is 12.1 Å². The number of thiol groups is 1. The van der Waals surface area contributed by atoms with Crippen molar-refractivity contribution in [3.05, 3.63) is 29.8 Å². The molecule has 0 aliphatic carbocycles. The number of rotatable bonds is 4. The maximum absolute atomic E-state index is 5.72. The fourth-order valence-corrected chi connectivity index (χ4v) is 1.47. The van der Waals surface area contributed by atoms with E-state index in [-0.39, 0.29) is 10.5 Å². The molecule has 0 spiro atoms. The summed E-state index contributed by atoms with van der Waals surface area (Å²) in [7, 11) is 0. The van der Waals surface area contributed by atoms with Gasteiger partial charge in [-0.3, -0.25) is 0 Å². The summed E-state index contributed by atoms with van der Waals surface area (Å²) in [6, 6.07) is 8.26. The lowest BCUT2D eigenvalue weighted by molar-refractivity contribution is -0.0149. The zero-order valence-electron chi connectivity index (χ0n) is 11.4. The van der Waals surface area contributed by atoms with Gasteiger partial charge in [0.15, 0.2) is 0 Å². The molecule has 0 atom stereocenters. The molecule has 0 unspecified atom stereocenters. The Morgan fingerprint density at radius 1 is 1.06 bits per heavy atom. The van der Waals surface area contributed by atoms with Crippen LogP contribution in [0, 0.1) is 0 Å². The molecular formula is C14H23NOS. The van der Waals surface area contributed by atoms with Crippen molar-refractivity contribution in [2.45, 2.75) is 51.7 Å². The van der Waals surface area contributed by atoms with Crippen molar-refractivity contribution >= 4 is 18.3 Å². The Kier molecular flexibility index (Phi) is 4.50. The van der Waals surface area contributed by atoms with E-state index in [1.165, 1.54) is 5.56 Å². The lowest BCUT2D eigenvalue weighted by atomic mass is 10.1. The first-order valence-electron chi connectivity index (χ1n) is 5.89. The minimum absolute atomic E-state index is 0.0932. The van der Waals surface area contributed by atoms with Crippen molar-refractivity contribution in [2.24, 2.45) is 0 Å². The first-order chi connectivity index (χ1) is 7.66. The minimum Gasteiger partial charge on any atom is -0.371 e. The molecular weight excluding hydrogens is 230 g/mol. The summed E-state index contributed by atoms with van der Waals surface area (Å²) in [5.74, 6) is 0. The van der Waals surface area contributed by atoms with Crippen LogP contribution in [0.2, 0.25) is 0 Å². The molecule has 17 heavy (non-hydrogen) atoms. The van der Waals surface area contributed by atoms with Gasteiger partial charge in [0.25, 0.3) is 0 Å². The van der Waals surface area contributed by atoms with Gasteiger partial charge in [0.1, 0.15) is 0 Å². The van der Waals surface area contributed by atoms with Gasteiger partial charge < -0.3 is 10.1 Å². The molecule has 0 amide bonds. The zero-order chi connectivity index (χ0) is 13.1. The highest BCUT2D eigenvalue weighted by Crippen LogP contribution is 2.19. The second kappa shape index (κ2) is 5.32. The van der Waals surface area contributed by atoms with E-state index < -0.39 is 0 Å². The lowest BCUT2D eigenvalue weighted by Crippen LogP contribution is -2.23. The fourth-order valence-electron chi connectivity index (χ4n) is 1.34. The predicted octanol–water partition coefficient (Wildman–Crippen LogP) is 4.08. The highest BCUT2D eigenvalue weighted by molar-refractivity contribution is 7.81. The number of nitrogens with one attached hydrogen (secondary N) is 1. The first kappa shape index (κ1) is 14.4. The molecule has 0 aromatic heterocycles. The second-order valence-electron chi connectivity index (χ2n) is 5.78. The average Bonchev–Trinajstić information content (AvgIpc) is 2.13. The Morgan fingerprint density at radius 3 is 2.00 bits per heavy atom. The van der Waals surface area contributed by atoms with Crippen LogP contribution in [-0.2, 0) is 11.3 Å². The Bertz CT molecular complexity index is 346.